The van der Waals surface area contributed by atoms with Crippen molar-refractivity contribution in [1.82, 2.24) is 5.23 Å². The van der Waals surface area contributed by atoms with Gasteiger partial charge in [0.2, 0.25) is 6.85 Å². The van der Waals surface area contributed by atoms with E-state index in [2.05, 4.69) is 5.23 Å². The zero-order valence-corrected chi connectivity index (χ0v) is 12.8. The van der Waals surface area contributed by atoms with Crippen molar-refractivity contribution in [3.05, 3.63) is 0 Å². The highest BCUT2D eigenvalue weighted by molar-refractivity contribution is 6.60. The number of nitrogens with one attached hydrogen (secondary N) is 1. The lowest BCUT2D eigenvalue weighted by Crippen LogP contribution is -2.53. The van der Waals surface area contributed by atoms with Crippen LogP contribution in [0.5, 0.6) is 0 Å². The summed E-state index contributed by atoms with van der Waals surface area (Å²) in [6, 6.07) is -0.141. The maximum absolute atomic E-state index is 12.0. The summed E-state index contributed by atoms with van der Waals surface area (Å²) in [5.41, 5.74) is 5.55. The lowest BCUT2D eigenvalue weighted by molar-refractivity contribution is -0.142. The van der Waals surface area contributed by atoms with E-state index in [-0.39, 0.29) is 12.0 Å². The van der Waals surface area contributed by atoms with E-state index in [0.29, 0.717) is 13.4 Å². The lowest BCUT2D eigenvalue weighted by Gasteiger charge is -2.41. The van der Waals surface area contributed by atoms with Gasteiger partial charge >= 0.3 is 5.97 Å². The molecule has 2 saturated heterocycles. The number of hydrogen-bond acceptors (Lipinski definition) is 4. The highest BCUT2D eigenvalue weighted by Gasteiger charge is 2.41. The molecule has 0 aromatic carbocycles. The van der Waals surface area contributed by atoms with Crippen LogP contribution in [0.4, 0.5) is 0 Å². The van der Waals surface area contributed by atoms with Gasteiger partial charge in [-0.15, -0.1) is 0 Å². The van der Waals surface area contributed by atoms with Crippen LogP contribution < -0.4 is 11.0 Å². The van der Waals surface area contributed by atoms with Crippen LogP contribution in [-0.4, -0.2) is 32.5 Å². The first-order valence-corrected chi connectivity index (χ1v) is 8.30. The van der Waals surface area contributed by atoms with Gasteiger partial charge in [0.1, 0.15) is 0 Å². The third kappa shape index (κ3) is 3.98. The molecule has 0 unspecified atom stereocenters. The summed E-state index contributed by atoms with van der Waals surface area (Å²) >= 11 is 0. The van der Waals surface area contributed by atoms with E-state index in [9.17, 15) is 4.79 Å². The molecule has 2 rings (SSSR count). The van der Waals surface area contributed by atoms with Crippen LogP contribution in [-0.2, 0) is 9.53 Å². The Hall–Kier alpha value is -0.545. The highest BCUT2D eigenvalue weighted by Crippen LogP contribution is 2.45. The maximum Gasteiger partial charge on any atom is 0.321 e. The number of fused-ring (bicyclic) bond motifs is 2. The second-order valence-electron chi connectivity index (χ2n) is 6.43. The van der Waals surface area contributed by atoms with Gasteiger partial charge in [-0.3, -0.25) is 4.79 Å². The molecule has 2 aliphatic heterocycles. The SMILES string of the molecule is COC(=O)[C@H](CCCCN)NB1C2CCCC1CCC2. The fourth-order valence-corrected chi connectivity index (χ4v) is 4.09. The van der Waals surface area contributed by atoms with Gasteiger partial charge in [0.15, 0.2) is 0 Å². The number of carbonyl (C=O) groups is 1. The number of carbonyl (C=O) groups excluding carboxylic acids is 1. The van der Waals surface area contributed by atoms with Crippen LogP contribution >= 0.6 is 0 Å². The topological polar surface area (TPSA) is 64.3 Å². The normalized spacial score (nSPS) is 27.2. The van der Waals surface area contributed by atoms with Crippen molar-refractivity contribution >= 4 is 12.8 Å². The molecule has 2 fully saturated rings. The van der Waals surface area contributed by atoms with Crippen LogP contribution in [0.1, 0.15) is 57.8 Å². The van der Waals surface area contributed by atoms with Gasteiger partial charge in [0, 0.05) is 0 Å². The standard InChI is InChI=1S/C15H29BN2O2/c1-20-15(19)14(10-2-3-11-17)18-16-12-6-4-7-13(16)9-5-8-12/h12-14,18H,2-11,17H2,1H3/t12?,13?,14-/m0/s1. The number of ether oxygens (including phenoxy) is 1. The third-order valence-electron chi connectivity index (χ3n) is 5.14. The van der Waals surface area contributed by atoms with Gasteiger partial charge in [0.25, 0.3) is 0 Å². The van der Waals surface area contributed by atoms with E-state index >= 15 is 0 Å². The van der Waals surface area contributed by atoms with Crippen molar-refractivity contribution in [2.45, 2.75) is 75.5 Å². The van der Waals surface area contributed by atoms with E-state index < -0.39 is 0 Å². The molecule has 0 aromatic heterocycles. The first-order chi connectivity index (χ1) is 9.76. The quantitative estimate of drug-likeness (QED) is 0.427. The zero-order chi connectivity index (χ0) is 14.4. The number of methoxy groups -OCH3 is 1. The van der Waals surface area contributed by atoms with Crippen molar-refractivity contribution in [1.29, 1.82) is 0 Å². The minimum absolute atomic E-state index is 0.106. The summed E-state index contributed by atoms with van der Waals surface area (Å²) in [6.45, 7) is 1.22. The molecule has 0 radical (unpaired) electrons. The van der Waals surface area contributed by atoms with Gasteiger partial charge < -0.3 is 15.7 Å². The summed E-state index contributed by atoms with van der Waals surface area (Å²) < 4.78 is 4.97. The smallest absolute Gasteiger partial charge is 0.321 e. The molecular formula is C15H29BN2O2. The summed E-state index contributed by atoms with van der Waals surface area (Å²) in [5.74, 6) is 1.43. The van der Waals surface area contributed by atoms with Gasteiger partial charge in [-0.05, 0) is 31.0 Å². The highest BCUT2D eigenvalue weighted by atomic mass is 16.5. The van der Waals surface area contributed by atoms with Crippen LogP contribution in [0.2, 0.25) is 11.6 Å². The molecule has 0 aromatic rings. The Morgan fingerprint density at radius 2 is 1.85 bits per heavy atom. The molecule has 20 heavy (non-hydrogen) atoms. The minimum Gasteiger partial charge on any atom is -0.468 e. The molecule has 0 spiro atoms. The largest absolute Gasteiger partial charge is 0.468 e. The van der Waals surface area contributed by atoms with Crippen molar-refractivity contribution < 1.29 is 9.53 Å². The number of rotatable bonds is 7. The summed E-state index contributed by atoms with van der Waals surface area (Å²) in [7, 11) is 1.49. The first kappa shape index (κ1) is 15.8. The predicted octanol–water partition coefficient (Wildman–Crippen LogP) is 2.35. The minimum atomic E-state index is -0.141. The van der Waals surface area contributed by atoms with E-state index in [1.807, 2.05) is 0 Å². The first-order valence-electron chi connectivity index (χ1n) is 8.30. The van der Waals surface area contributed by atoms with Crippen molar-refractivity contribution in [2.24, 2.45) is 5.73 Å². The van der Waals surface area contributed by atoms with Crippen LogP contribution in [0, 0.1) is 0 Å². The number of hydrogen-bond donors (Lipinski definition) is 2. The second kappa shape index (κ2) is 8.03. The van der Waals surface area contributed by atoms with Crippen LogP contribution in [0.3, 0.4) is 0 Å². The lowest BCUT2D eigenvalue weighted by atomic mass is 9.34. The molecular weight excluding hydrogens is 251 g/mol. The fraction of sp³-hybridized carbons (Fsp3) is 0.933. The molecule has 2 aliphatic rings. The van der Waals surface area contributed by atoms with Crippen molar-refractivity contribution in [3.8, 4) is 0 Å². The van der Waals surface area contributed by atoms with E-state index in [1.165, 1.54) is 45.6 Å². The Labute approximate surface area is 123 Å². The van der Waals surface area contributed by atoms with Crippen LogP contribution in [0.25, 0.3) is 0 Å². The summed E-state index contributed by atoms with van der Waals surface area (Å²) in [6.07, 6.45) is 10.8. The van der Waals surface area contributed by atoms with Gasteiger partial charge in [-0.1, -0.05) is 44.9 Å². The maximum atomic E-state index is 12.0. The molecule has 2 bridgehead atoms. The zero-order valence-electron chi connectivity index (χ0n) is 12.8. The van der Waals surface area contributed by atoms with E-state index in [0.717, 1.165) is 30.9 Å². The Balaban J connectivity index is 1.93. The molecule has 0 aliphatic carbocycles. The second-order valence-corrected chi connectivity index (χ2v) is 6.43. The van der Waals surface area contributed by atoms with Gasteiger partial charge in [0.05, 0.1) is 13.2 Å². The Bertz CT molecular complexity index is 292. The van der Waals surface area contributed by atoms with Crippen LogP contribution in [0.15, 0.2) is 0 Å². The molecule has 2 heterocycles. The molecule has 3 N–H and O–H groups in total. The van der Waals surface area contributed by atoms with E-state index in [1.54, 1.807) is 0 Å². The molecule has 114 valence electrons. The van der Waals surface area contributed by atoms with E-state index in [4.69, 9.17) is 10.5 Å². The summed E-state index contributed by atoms with van der Waals surface area (Å²) in [5, 5.41) is 3.65. The molecule has 0 amide bonds. The number of nitrogens with two attached hydrogens (primary N) is 1. The van der Waals surface area contributed by atoms with Gasteiger partial charge in [-0.2, -0.15) is 0 Å². The Kier molecular flexibility index (Phi) is 6.36. The monoisotopic (exact) mass is 280 g/mol. The third-order valence-corrected chi connectivity index (χ3v) is 5.14. The summed E-state index contributed by atoms with van der Waals surface area (Å²) in [4.78, 5) is 12.0. The molecule has 5 heteroatoms. The number of unbranched alkanes of at least 4 members (excludes halogenated alkanes) is 1. The van der Waals surface area contributed by atoms with Crippen molar-refractivity contribution in [3.63, 3.8) is 0 Å². The average Bonchev–Trinajstić information content (AvgIpc) is 2.45. The fourth-order valence-electron chi connectivity index (χ4n) is 4.09. The molecule has 1 atom stereocenters. The molecule has 4 nitrogen and oxygen atoms in total. The Morgan fingerprint density at radius 1 is 1.25 bits per heavy atom. The average molecular weight is 280 g/mol. The Morgan fingerprint density at radius 3 is 2.35 bits per heavy atom. The van der Waals surface area contributed by atoms with Gasteiger partial charge in [-0.25, -0.2) is 0 Å². The molecule has 0 saturated carbocycles. The number of esters is 1. The van der Waals surface area contributed by atoms with Crippen molar-refractivity contribution in [2.75, 3.05) is 13.7 Å². The predicted molar refractivity (Wildman–Crippen MR) is 82.8 cm³/mol.